The van der Waals surface area contributed by atoms with Crippen LogP contribution < -0.4 is 5.19 Å². The van der Waals surface area contributed by atoms with E-state index >= 15 is 0 Å². The Bertz CT molecular complexity index is 411. The predicted molar refractivity (Wildman–Crippen MR) is 66.4 cm³/mol. The Balaban J connectivity index is 3.49. The van der Waals surface area contributed by atoms with Gasteiger partial charge in [0, 0.05) is 0 Å². The Morgan fingerprint density at radius 1 is 1.27 bits per heavy atom. The van der Waals surface area contributed by atoms with Crippen molar-refractivity contribution in [2.75, 3.05) is 0 Å². The predicted octanol–water partition coefficient (Wildman–Crippen LogP) is 3.24. The lowest BCUT2D eigenvalue weighted by atomic mass is 10.2. The van der Waals surface area contributed by atoms with Crippen LogP contribution in [0.5, 0.6) is 0 Å². The van der Waals surface area contributed by atoms with Crippen molar-refractivity contribution >= 4 is 42.4 Å². The van der Waals surface area contributed by atoms with Crippen LogP contribution in [-0.4, -0.2) is 19.1 Å². The first-order valence-electron chi connectivity index (χ1n) is 4.47. The molecule has 15 heavy (non-hydrogen) atoms. The molecule has 1 N–H and O–H groups in total. The van der Waals surface area contributed by atoms with Crippen molar-refractivity contribution in [3.8, 4) is 0 Å². The van der Waals surface area contributed by atoms with Gasteiger partial charge in [-0.15, -0.1) is 0 Å². The van der Waals surface area contributed by atoms with Gasteiger partial charge in [0.1, 0.15) is 0 Å². The average molecular weight is 263 g/mol. The second-order valence-corrected chi connectivity index (χ2v) is 10.2. The Kier molecular flexibility index (Phi) is 3.48. The van der Waals surface area contributed by atoms with E-state index in [1.165, 1.54) is 0 Å². The summed E-state index contributed by atoms with van der Waals surface area (Å²) in [5, 5.41) is 10.4. The largest absolute Gasteiger partial charge is 0.478 e. The van der Waals surface area contributed by atoms with Crippen LogP contribution in [-0.2, 0) is 0 Å². The van der Waals surface area contributed by atoms with Crippen LogP contribution >= 0.6 is 23.2 Å². The summed E-state index contributed by atoms with van der Waals surface area (Å²) in [5.41, 5.74) is 0.0123. The molecule has 0 bridgehead atoms. The van der Waals surface area contributed by atoms with Crippen LogP contribution in [0.15, 0.2) is 12.1 Å². The Labute approximate surface area is 99.8 Å². The zero-order valence-electron chi connectivity index (χ0n) is 8.77. The third-order valence-electron chi connectivity index (χ3n) is 2.11. The van der Waals surface area contributed by atoms with Crippen LogP contribution in [0, 0.1) is 0 Å². The highest BCUT2D eigenvalue weighted by Gasteiger charge is 2.24. The minimum atomic E-state index is -1.63. The molecule has 2 nitrogen and oxygen atoms in total. The normalized spacial score (nSPS) is 11.5. The lowest BCUT2D eigenvalue weighted by Gasteiger charge is -2.19. The molecule has 0 unspecified atom stereocenters. The highest BCUT2D eigenvalue weighted by Crippen LogP contribution is 2.25. The third kappa shape index (κ3) is 2.54. The van der Waals surface area contributed by atoms with Crippen LogP contribution in [0.3, 0.4) is 0 Å². The summed E-state index contributed by atoms with van der Waals surface area (Å²) in [6, 6.07) is 3.42. The minimum Gasteiger partial charge on any atom is -0.478 e. The maximum absolute atomic E-state index is 11.0. The van der Waals surface area contributed by atoms with Crippen LogP contribution in [0.2, 0.25) is 29.7 Å². The fourth-order valence-corrected chi connectivity index (χ4v) is 4.08. The SMILES string of the molecule is C[Si](C)(C)c1ccc(Cl)c(C(=O)O)c1Cl. The standard InChI is InChI=1S/C10H12Cl2O2Si/c1-15(2,3)7-5-4-6(11)8(9(7)12)10(13)14/h4-5H,1-3H3,(H,13,14). The summed E-state index contributed by atoms with van der Waals surface area (Å²) in [6.45, 7) is 6.31. The molecule has 0 aromatic heterocycles. The van der Waals surface area contributed by atoms with Crippen molar-refractivity contribution in [2.24, 2.45) is 0 Å². The van der Waals surface area contributed by atoms with Crippen molar-refractivity contribution < 1.29 is 9.90 Å². The van der Waals surface area contributed by atoms with Gasteiger partial charge in [0.25, 0.3) is 0 Å². The first kappa shape index (κ1) is 12.6. The molecule has 0 heterocycles. The number of carbonyl (C=O) groups is 1. The van der Waals surface area contributed by atoms with E-state index in [-0.39, 0.29) is 15.6 Å². The van der Waals surface area contributed by atoms with Crippen LogP contribution in [0.4, 0.5) is 0 Å². The van der Waals surface area contributed by atoms with Gasteiger partial charge in [0.15, 0.2) is 0 Å². The highest BCUT2D eigenvalue weighted by molar-refractivity contribution is 6.90. The Morgan fingerprint density at radius 3 is 2.20 bits per heavy atom. The molecule has 1 rings (SSSR count). The fourth-order valence-electron chi connectivity index (χ4n) is 1.33. The summed E-state index contributed by atoms with van der Waals surface area (Å²) in [6.07, 6.45) is 0. The molecule has 0 aliphatic carbocycles. The van der Waals surface area contributed by atoms with Crippen molar-refractivity contribution in [1.82, 2.24) is 0 Å². The number of halogens is 2. The maximum atomic E-state index is 11.0. The molecule has 0 radical (unpaired) electrons. The summed E-state index contributed by atoms with van der Waals surface area (Å²) >= 11 is 11.9. The smallest absolute Gasteiger partial charge is 0.338 e. The van der Waals surface area contributed by atoms with E-state index in [0.717, 1.165) is 5.19 Å². The second-order valence-electron chi connectivity index (χ2n) is 4.34. The number of hydrogen-bond acceptors (Lipinski definition) is 1. The molecule has 0 aliphatic rings. The fraction of sp³-hybridized carbons (Fsp3) is 0.300. The van der Waals surface area contributed by atoms with E-state index in [1.807, 2.05) is 6.07 Å². The van der Waals surface area contributed by atoms with Crippen molar-refractivity contribution in [2.45, 2.75) is 19.6 Å². The molecular weight excluding hydrogens is 251 g/mol. The molecule has 82 valence electrons. The molecule has 1 aromatic rings. The molecule has 0 amide bonds. The van der Waals surface area contributed by atoms with E-state index in [9.17, 15) is 4.79 Å². The van der Waals surface area contributed by atoms with Crippen LogP contribution in [0.1, 0.15) is 10.4 Å². The topological polar surface area (TPSA) is 37.3 Å². The summed E-state index contributed by atoms with van der Waals surface area (Å²) < 4.78 is 0. The number of aromatic carboxylic acids is 1. The Hall–Kier alpha value is -0.513. The molecule has 5 heteroatoms. The molecule has 0 fully saturated rings. The van der Waals surface area contributed by atoms with Gasteiger partial charge >= 0.3 is 5.97 Å². The van der Waals surface area contributed by atoms with Gasteiger partial charge in [0.05, 0.1) is 23.7 Å². The lowest BCUT2D eigenvalue weighted by Crippen LogP contribution is -2.39. The highest BCUT2D eigenvalue weighted by atomic mass is 35.5. The van der Waals surface area contributed by atoms with Gasteiger partial charge in [0.2, 0.25) is 0 Å². The molecule has 0 saturated heterocycles. The lowest BCUT2D eigenvalue weighted by molar-refractivity contribution is 0.0697. The molecule has 1 aromatic carbocycles. The van der Waals surface area contributed by atoms with Gasteiger partial charge < -0.3 is 5.11 Å². The summed E-state index contributed by atoms with van der Waals surface area (Å²) in [7, 11) is -1.63. The van der Waals surface area contributed by atoms with E-state index in [2.05, 4.69) is 19.6 Å². The third-order valence-corrected chi connectivity index (χ3v) is 5.01. The molecule has 0 spiro atoms. The molecule has 0 atom stereocenters. The van der Waals surface area contributed by atoms with Gasteiger partial charge in [-0.3, -0.25) is 0 Å². The van der Waals surface area contributed by atoms with Crippen molar-refractivity contribution in [3.63, 3.8) is 0 Å². The van der Waals surface area contributed by atoms with E-state index in [4.69, 9.17) is 28.3 Å². The van der Waals surface area contributed by atoms with E-state index in [0.29, 0.717) is 0 Å². The summed E-state index contributed by atoms with van der Waals surface area (Å²) in [4.78, 5) is 11.0. The number of benzene rings is 1. The van der Waals surface area contributed by atoms with Crippen molar-refractivity contribution in [1.29, 1.82) is 0 Å². The number of carboxylic acids is 1. The zero-order valence-corrected chi connectivity index (χ0v) is 11.3. The van der Waals surface area contributed by atoms with Gasteiger partial charge in [-0.25, -0.2) is 4.79 Å². The number of carboxylic acid groups (broad SMARTS) is 1. The second kappa shape index (κ2) is 4.16. The quantitative estimate of drug-likeness (QED) is 0.832. The first-order valence-corrected chi connectivity index (χ1v) is 8.72. The first-order chi connectivity index (χ1) is 6.75. The molecule has 0 saturated carbocycles. The number of rotatable bonds is 2. The summed E-state index contributed by atoms with van der Waals surface area (Å²) in [5.74, 6) is -1.08. The van der Waals surface area contributed by atoms with Gasteiger partial charge in [-0.1, -0.05) is 48.9 Å². The number of hydrogen-bond donors (Lipinski definition) is 1. The zero-order chi connectivity index (χ0) is 11.8. The maximum Gasteiger partial charge on any atom is 0.338 e. The van der Waals surface area contributed by atoms with Crippen molar-refractivity contribution in [3.05, 3.63) is 27.7 Å². The van der Waals surface area contributed by atoms with Crippen LogP contribution in [0.25, 0.3) is 0 Å². The average Bonchev–Trinajstić information content (AvgIpc) is 2.00. The van der Waals surface area contributed by atoms with E-state index in [1.54, 1.807) is 6.07 Å². The molecule has 0 aliphatic heterocycles. The Morgan fingerprint density at radius 2 is 1.80 bits per heavy atom. The van der Waals surface area contributed by atoms with Gasteiger partial charge in [-0.2, -0.15) is 0 Å². The van der Waals surface area contributed by atoms with E-state index < -0.39 is 14.0 Å². The minimum absolute atomic E-state index is 0.0123. The monoisotopic (exact) mass is 262 g/mol. The molecular formula is C10H12Cl2O2Si. The van der Waals surface area contributed by atoms with Gasteiger partial charge in [-0.05, 0) is 11.3 Å².